The van der Waals surface area contributed by atoms with Crippen LogP contribution in [0.15, 0.2) is 0 Å². The molecule has 1 heterocycles. The third kappa shape index (κ3) is 2.14. The molecule has 0 aromatic carbocycles. The van der Waals surface area contributed by atoms with Crippen molar-refractivity contribution in [3.05, 3.63) is 0 Å². The molecule has 0 atom stereocenters. The smallest absolute Gasteiger partial charge is 0.325 e. The minimum Gasteiger partial charge on any atom is -0.396 e. The summed E-state index contributed by atoms with van der Waals surface area (Å²) in [6.45, 7) is 0.667. The molecule has 2 aliphatic carbocycles. The molecule has 0 bridgehead atoms. The molecule has 3 rings (SSSR count). The summed E-state index contributed by atoms with van der Waals surface area (Å²) >= 11 is 0. The molecule has 1 aliphatic heterocycles. The Balaban J connectivity index is 1.66. The lowest BCUT2D eigenvalue weighted by Crippen LogP contribution is -2.51. The van der Waals surface area contributed by atoms with Gasteiger partial charge in [0.2, 0.25) is 0 Å². The number of rotatable bonds is 7. The molecule has 0 spiro atoms. The van der Waals surface area contributed by atoms with Gasteiger partial charge in [-0.15, -0.1) is 0 Å². The number of urea groups is 1. The van der Waals surface area contributed by atoms with Gasteiger partial charge < -0.3 is 10.4 Å². The zero-order chi connectivity index (χ0) is 13.5. The van der Waals surface area contributed by atoms with Crippen LogP contribution in [0, 0.1) is 11.8 Å². The van der Waals surface area contributed by atoms with Gasteiger partial charge in [0.1, 0.15) is 5.54 Å². The van der Waals surface area contributed by atoms with Crippen LogP contribution in [0.3, 0.4) is 0 Å². The Kier molecular flexibility index (Phi) is 3.25. The highest BCUT2D eigenvalue weighted by Gasteiger charge is 2.65. The average Bonchev–Trinajstić information content (AvgIpc) is 3.28. The molecule has 3 aliphatic rings. The van der Waals surface area contributed by atoms with Crippen molar-refractivity contribution in [2.45, 2.75) is 50.5 Å². The minimum atomic E-state index is -0.548. The van der Waals surface area contributed by atoms with Gasteiger partial charge in [0.15, 0.2) is 0 Å². The van der Waals surface area contributed by atoms with Crippen molar-refractivity contribution in [1.29, 1.82) is 0 Å². The average molecular weight is 266 g/mol. The van der Waals surface area contributed by atoms with Crippen LogP contribution in [0.5, 0.6) is 0 Å². The predicted molar refractivity (Wildman–Crippen MR) is 69.4 cm³/mol. The highest BCUT2D eigenvalue weighted by atomic mass is 16.3. The molecule has 3 fully saturated rings. The molecule has 0 aromatic heterocycles. The van der Waals surface area contributed by atoms with E-state index in [2.05, 4.69) is 5.32 Å². The van der Waals surface area contributed by atoms with Crippen molar-refractivity contribution in [2.75, 3.05) is 13.2 Å². The standard InChI is InChI=1S/C14H22N2O3/c17-9-3-1-2-8-16-12(18)14(10-4-5-10,11-6-7-11)15-13(16)19/h10-11,17H,1-9H2,(H,15,19). The van der Waals surface area contributed by atoms with Crippen molar-refractivity contribution in [2.24, 2.45) is 11.8 Å². The molecule has 0 unspecified atom stereocenters. The van der Waals surface area contributed by atoms with Crippen LogP contribution in [0.25, 0.3) is 0 Å². The lowest BCUT2D eigenvalue weighted by atomic mass is 9.87. The van der Waals surface area contributed by atoms with Crippen LogP contribution in [0.1, 0.15) is 44.9 Å². The monoisotopic (exact) mass is 266 g/mol. The molecule has 19 heavy (non-hydrogen) atoms. The van der Waals surface area contributed by atoms with Crippen LogP contribution >= 0.6 is 0 Å². The maximum Gasteiger partial charge on any atom is 0.325 e. The van der Waals surface area contributed by atoms with Crippen molar-refractivity contribution < 1.29 is 14.7 Å². The van der Waals surface area contributed by atoms with Gasteiger partial charge in [-0.05, 0) is 56.8 Å². The quantitative estimate of drug-likeness (QED) is 0.538. The van der Waals surface area contributed by atoms with Crippen molar-refractivity contribution in [1.82, 2.24) is 10.2 Å². The number of hydrogen-bond acceptors (Lipinski definition) is 3. The molecule has 3 amide bonds. The van der Waals surface area contributed by atoms with Crippen molar-refractivity contribution in [3.63, 3.8) is 0 Å². The van der Waals surface area contributed by atoms with Crippen LogP contribution in [0.2, 0.25) is 0 Å². The van der Waals surface area contributed by atoms with Crippen molar-refractivity contribution >= 4 is 11.9 Å². The summed E-state index contributed by atoms with van der Waals surface area (Å²) in [7, 11) is 0. The van der Waals surface area contributed by atoms with Crippen LogP contribution in [-0.2, 0) is 4.79 Å². The van der Waals surface area contributed by atoms with Gasteiger partial charge in [-0.1, -0.05) is 0 Å². The first-order valence-electron chi connectivity index (χ1n) is 7.45. The van der Waals surface area contributed by atoms with Gasteiger partial charge in [0.25, 0.3) is 5.91 Å². The summed E-state index contributed by atoms with van der Waals surface area (Å²) in [5.41, 5.74) is -0.548. The van der Waals surface area contributed by atoms with Gasteiger partial charge in [0, 0.05) is 13.2 Å². The number of aliphatic hydroxyl groups excluding tert-OH is 1. The number of carbonyl (C=O) groups excluding carboxylic acids is 2. The van der Waals surface area contributed by atoms with E-state index in [1.54, 1.807) is 0 Å². The fourth-order valence-electron chi connectivity index (χ4n) is 3.34. The van der Waals surface area contributed by atoms with E-state index in [-0.39, 0.29) is 18.5 Å². The molecule has 5 nitrogen and oxygen atoms in total. The summed E-state index contributed by atoms with van der Waals surface area (Å²) < 4.78 is 0. The summed E-state index contributed by atoms with van der Waals surface area (Å²) in [4.78, 5) is 26.1. The molecule has 2 N–H and O–H groups in total. The number of nitrogens with one attached hydrogen (secondary N) is 1. The molecule has 0 aromatic rings. The Morgan fingerprint density at radius 1 is 1.11 bits per heavy atom. The first kappa shape index (κ1) is 12.9. The van der Waals surface area contributed by atoms with E-state index in [1.165, 1.54) is 4.90 Å². The fourth-order valence-corrected chi connectivity index (χ4v) is 3.34. The summed E-state index contributed by atoms with van der Waals surface area (Å²) in [5, 5.41) is 11.8. The zero-order valence-corrected chi connectivity index (χ0v) is 11.2. The third-order valence-electron chi connectivity index (χ3n) is 4.64. The SMILES string of the molecule is O=C1NC(C2CC2)(C2CC2)C(=O)N1CCCCCO. The summed E-state index contributed by atoms with van der Waals surface area (Å²) in [6.07, 6.45) is 6.65. The Bertz CT molecular complexity index is 376. The molecule has 106 valence electrons. The van der Waals surface area contributed by atoms with Gasteiger partial charge in [-0.2, -0.15) is 0 Å². The molecule has 0 radical (unpaired) electrons. The molecule has 5 heteroatoms. The normalized spacial score (nSPS) is 25.8. The highest BCUT2D eigenvalue weighted by molar-refractivity contribution is 6.07. The van der Waals surface area contributed by atoms with Crippen LogP contribution in [-0.4, -0.2) is 40.6 Å². The van der Waals surface area contributed by atoms with Gasteiger partial charge in [-0.3, -0.25) is 9.69 Å². The second kappa shape index (κ2) is 4.78. The second-order valence-corrected chi connectivity index (χ2v) is 6.09. The lowest BCUT2D eigenvalue weighted by Gasteiger charge is -2.26. The van der Waals surface area contributed by atoms with E-state index in [0.717, 1.165) is 44.9 Å². The third-order valence-corrected chi connectivity index (χ3v) is 4.64. The summed E-state index contributed by atoms with van der Waals surface area (Å²) in [6, 6.07) is -0.201. The number of amides is 3. The lowest BCUT2D eigenvalue weighted by molar-refractivity contribution is -0.133. The molecule has 1 saturated heterocycles. The second-order valence-electron chi connectivity index (χ2n) is 6.09. The van der Waals surface area contributed by atoms with E-state index in [0.29, 0.717) is 18.4 Å². The maximum atomic E-state index is 12.7. The zero-order valence-electron chi connectivity index (χ0n) is 11.2. The number of unbranched alkanes of at least 4 members (excludes halogenated alkanes) is 2. The number of hydrogen-bond donors (Lipinski definition) is 2. The van der Waals surface area contributed by atoms with Crippen LogP contribution in [0.4, 0.5) is 4.79 Å². The highest BCUT2D eigenvalue weighted by Crippen LogP contribution is 2.54. The molecular weight excluding hydrogens is 244 g/mol. The maximum absolute atomic E-state index is 12.7. The van der Waals surface area contributed by atoms with E-state index < -0.39 is 5.54 Å². The minimum absolute atomic E-state index is 0.0199. The first-order chi connectivity index (χ1) is 9.20. The van der Waals surface area contributed by atoms with Crippen LogP contribution < -0.4 is 5.32 Å². The number of carbonyl (C=O) groups is 2. The van der Waals surface area contributed by atoms with E-state index in [9.17, 15) is 9.59 Å². The Morgan fingerprint density at radius 2 is 1.74 bits per heavy atom. The first-order valence-corrected chi connectivity index (χ1v) is 7.45. The van der Waals surface area contributed by atoms with Gasteiger partial charge in [0.05, 0.1) is 0 Å². The number of imide groups is 1. The van der Waals surface area contributed by atoms with E-state index in [4.69, 9.17) is 5.11 Å². The Hall–Kier alpha value is -1.10. The topological polar surface area (TPSA) is 69.6 Å². The predicted octanol–water partition coefficient (Wildman–Crippen LogP) is 1.26. The van der Waals surface area contributed by atoms with Gasteiger partial charge >= 0.3 is 6.03 Å². The van der Waals surface area contributed by atoms with Gasteiger partial charge in [-0.25, -0.2) is 4.79 Å². The molecule has 2 saturated carbocycles. The fraction of sp³-hybridized carbons (Fsp3) is 0.857. The van der Waals surface area contributed by atoms with Crippen molar-refractivity contribution in [3.8, 4) is 0 Å². The Labute approximate surface area is 113 Å². The Morgan fingerprint density at radius 3 is 2.26 bits per heavy atom. The molecular formula is C14H22N2O3. The number of aliphatic hydroxyl groups is 1. The number of nitrogens with zero attached hydrogens (tertiary/aromatic N) is 1. The van der Waals surface area contributed by atoms with E-state index >= 15 is 0 Å². The largest absolute Gasteiger partial charge is 0.396 e. The summed E-state index contributed by atoms with van der Waals surface area (Å²) in [5.74, 6) is 0.768. The van der Waals surface area contributed by atoms with E-state index in [1.807, 2.05) is 0 Å².